The van der Waals surface area contributed by atoms with Crippen LogP contribution in [-0.4, -0.2) is 36.2 Å². The molecule has 2 aliphatic rings. The molecular formula is C21H24N2O2. The Hall–Kier alpha value is -2.33. The average molecular weight is 336 g/mol. The van der Waals surface area contributed by atoms with Gasteiger partial charge in [0, 0.05) is 36.1 Å². The maximum absolute atomic E-state index is 13.0. The number of benzene rings is 2. The Morgan fingerprint density at radius 3 is 2.44 bits per heavy atom. The van der Waals surface area contributed by atoms with E-state index in [2.05, 4.69) is 17.9 Å². The fourth-order valence-electron chi connectivity index (χ4n) is 3.95. The quantitative estimate of drug-likeness (QED) is 0.916. The molecule has 4 nitrogen and oxygen atoms in total. The third-order valence-electron chi connectivity index (χ3n) is 5.37. The van der Waals surface area contributed by atoms with Crippen molar-refractivity contribution < 1.29 is 9.90 Å². The Labute approximate surface area is 148 Å². The number of amides is 1. The second-order valence-corrected chi connectivity index (χ2v) is 7.12. The number of carbonyl (C=O) groups excluding carboxylic acids is 1. The Bertz CT molecular complexity index is 764. The van der Waals surface area contributed by atoms with Gasteiger partial charge in [0.2, 0.25) is 0 Å². The van der Waals surface area contributed by atoms with E-state index in [0.717, 1.165) is 49.3 Å². The lowest BCUT2D eigenvalue weighted by Gasteiger charge is -2.31. The number of nitrogens with zero attached hydrogens (tertiary/aromatic N) is 2. The number of rotatable bonds is 2. The van der Waals surface area contributed by atoms with Gasteiger partial charge in [0.15, 0.2) is 0 Å². The van der Waals surface area contributed by atoms with E-state index in [-0.39, 0.29) is 18.1 Å². The number of para-hydroxylation sites is 1. The van der Waals surface area contributed by atoms with E-state index in [9.17, 15) is 9.90 Å². The zero-order valence-electron chi connectivity index (χ0n) is 14.6. The van der Waals surface area contributed by atoms with Crippen molar-refractivity contribution >= 4 is 17.3 Å². The molecule has 4 heteroatoms. The highest BCUT2D eigenvalue weighted by atomic mass is 16.3. The molecule has 25 heavy (non-hydrogen) atoms. The summed E-state index contributed by atoms with van der Waals surface area (Å²) in [6.45, 7) is 3.83. The Morgan fingerprint density at radius 1 is 1.04 bits per heavy atom. The van der Waals surface area contributed by atoms with Crippen molar-refractivity contribution in [3.8, 4) is 0 Å². The molecular weight excluding hydrogens is 312 g/mol. The van der Waals surface area contributed by atoms with Crippen molar-refractivity contribution in [2.75, 3.05) is 22.9 Å². The van der Waals surface area contributed by atoms with Crippen LogP contribution in [0.4, 0.5) is 11.4 Å². The first-order valence-electron chi connectivity index (χ1n) is 9.08. The second-order valence-electron chi connectivity index (χ2n) is 7.12. The molecule has 1 unspecified atom stereocenters. The van der Waals surface area contributed by atoms with Gasteiger partial charge in [-0.3, -0.25) is 4.79 Å². The molecule has 1 saturated heterocycles. The molecule has 4 rings (SSSR count). The Balaban J connectivity index is 1.53. The van der Waals surface area contributed by atoms with Crippen molar-refractivity contribution in [3.05, 3.63) is 59.7 Å². The van der Waals surface area contributed by atoms with Gasteiger partial charge < -0.3 is 14.9 Å². The SMILES string of the molecule is CC1Cc2ccccc2N1C(=O)c1ccc(N2CCC(O)CC2)cc1. The molecule has 0 aromatic heterocycles. The van der Waals surface area contributed by atoms with Gasteiger partial charge in [0.05, 0.1) is 6.10 Å². The standard InChI is InChI=1S/C21H24N2O2/c1-15-14-17-4-2-3-5-20(17)23(15)21(25)16-6-8-18(9-7-16)22-12-10-19(24)11-13-22/h2-9,15,19,24H,10-14H2,1H3. The maximum atomic E-state index is 13.0. The highest BCUT2D eigenvalue weighted by Crippen LogP contribution is 2.33. The highest BCUT2D eigenvalue weighted by molar-refractivity contribution is 6.07. The van der Waals surface area contributed by atoms with E-state index in [1.807, 2.05) is 47.4 Å². The Morgan fingerprint density at radius 2 is 1.72 bits per heavy atom. The molecule has 1 amide bonds. The lowest BCUT2D eigenvalue weighted by atomic mass is 10.1. The maximum Gasteiger partial charge on any atom is 0.258 e. The van der Waals surface area contributed by atoms with Crippen LogP contribution in [0.1, 0.15) is 35.7 Å². The van der Waals surface area contributed by atoms with E-state index in [1.165, 1.54) is 5.56 Å². The van der Waals surface area contributed by atoms with Crippen LogP contribution in [0.15, 0.2) is 48.5 Å². The minimum absolute atomic E-state index is 0.0677. The molecule has 0 bridgehead atoms. The van der Waals surface area contributed by atoms with Gasteiger partial charge in [-0.2, -0.15) is 0 Å². The molecule has 2 aromatic rings. The van der Waals surface area contributed by atoms with Crippen molar-refractivity contribution in [3.63, 3.8) is 0 Å². The highest BCUT2D eigenvalue weighted by Gasteiger charge is 2.31. The lowest BCUT2D eigenvalue weighted by Crippen LogP contribution is -2.36. The number of hydrogen-bond donors (Lipinski definition) is 1. The van der Waals surface area contributed by atoms with Gasteiger partial charge in [-0.05, 0) is 62.1 Å². The molecule has 0 radical (unpaired) electrons. The van der Waals surface area contributed by atoms with E-state index in [4.69, 9.17) is 0 Å². The van der Waals surface area contributed by atoms with Crippen LogP contribution in [0.2, 0.25) is 0 Å². The fraction of sp³-hybridized carbons (Fsp3) is 0.381. The van der Waals surface area contributed by atoms with E-state index in [1.54, 1.807) is 0 Å². The van der Waals surface area contributed by atoms with Gasteiger partial charge in [0.1, 0.15) is 0 Å². The fourth-order valence-corrected chi connectivity index (χ4v) is 3.95. The number of piperidine rings is 1. The molecule has 2 aromatic carbocycles. The topological polar surface area (TPSA) is 43.8 Å². The smallest absolute Gasteiger partial charge is 0.258 e. The monoisotopic (exact) mass is 336 g/mol. The van der Waals surface area contributed by atoms with E-state index >= 15 is 0 Å². The number of fused-ring (bicyclic) bond motifs is 1. The third-order valence-corrected chi connectivity index (χ3v) is 5.37. The van der Waals surface area contributed by atoms with Crippen molar-refractivity contribution in [1.29, 1.82) is 0 Å². The van der Waals surface area contributed by atoms with Crippen LogP contribution in [-0.2, 0) is 6.42 Å². The van der Waals surface area contributed by atoms with Gasteiger partial charge in [-0.1, -0.05) is 18.2 Å². The van der Waals surface area contributed by atoms with Gasteiger partial charge >= 0.3 is 0 Å². The van der Waals surface area contributed by atoms with Crippen LogP contribution in [0.25, 0.3) is 0 Å². The summed E-state index contributed by atoms with van der Waals surface area (Å²) in [5, 5.41) is 9.64. The minimum Gasteiger partial charge on any atom is -0.393 e. The van der Waals surface area contributed by atoms with E-state index < -0.39 is 0 Å². The first-order chi connectivity index (χ1) is 12.1. The summed E-state index contributed by atoms with van der Waals surface area (Å²) < 4.78 is 0. The number of anilines is 2. The largest absolute Gasteiger partial charge is 0.393 e. The average Bonchev–Trinajstić information content (AvgIpc) is 2.97. The van der Waals surface area contributed by atoms with Crippen molar-refractivity contribution in [2.45, 2.75) is 38.3 Å². The molecule has 130 valence electrons. The van der Waals surface area contributed by atoms with Crippen LogP contribution in [0, 0.1) is 0 Å². The van der Waals surface area contributed by atoms with Crippen LogP contribution in [0.5, 0.6) is 0 Å². The summed E-state index contributed by atoms with van der Waals surface area (Å²) in [5.74, 6) is 0.0677. The summed E-state index contributed by atoms with van der Waals surface area (Å²) in [6.07, 6.45) is 2.36. The first-order valence-corrected chi connectivity index (χ1v) is 9.08. The number of aliphatic hydroxyl groups is 1. The van der Waals surface area contributed by atoms with Gasteiger partial charge in [-0.15, -0.1) is 0 Å². The lowest BCUT2D eigenvalue weighted by molar-refractivity contribution is 0.0981. The molecule has 2 aliphatic heterocycles. The van der Waals surface area contributed by atoms with Crippen LogP contribution in [0.3, 0.4) is 0 Å². The number of carbonyl (C=O) groups is 1. The summed E-state index contributed by atoms with van der Waals surface area (Å²) in [6, 6.07) is 16.3. The first kappa shape index (κ1) is 16.2. The zero-order valence-corrected chi connectivity index (χ0v) is 14.6. The second kappa shape index (κ2) is 6.52. The summed E-state index contributed by atoms with van der Waals surface area (Å²) in [4.78, 5) is 17.2. The third kappa shape index (κ3) is 3.02. The Kier molecular flexibility index (Phi) is 4.22. The normalized spacial score (nSPS) is 20.6. The van der Waals surface area contributed by atoms with E-state index in [0.29, 0.717) is 0 Å². The molecule has 0 aliphatic carbocycles. The molecule has 1 fully saturated rings. The summed E-state index contributed by atoms with van der Waals surface area (Å²) in [7, 11) is 0. The molecule has 1 N–H and O–H groups in total. The molecule has 2 heterocycles. The predicted molar refractivity (Wildman–Crippen MR) is 100 cm³/mol. The van der Waals surface area contributed by atoms with Crippen molar-refractivity contribution in [1.82, 2.24) is 0 Å². The summed E-state index contributed by atoms with van der Waals surface area (Å²) >= 11 is 0. The summed E-state index contributed by atoms with van der Waals surface area (Å²) in [5.41, 5.74) is 4.13. The predicted octanol–water partition coefficient (Wildman–Crippen LogP) is 3.24. The van der Waals surface area contributed by atoms with Gasteiger partial charge in [0.25, 0.3) is 5.91 Å². The van der Waals surface area contributed by atoms with Crippen molar-refractivity contribution in [2.24, 2.45) is 0 Å². The van der Waals surface area contributed by atoms with Crippen LogP contribution < -0.4 is 9.80 Å². The molecule has 1 atom stereocenters. The van der Waals surface area contributed by atoms with Gasteiger partial charge in [-0.25, -0.2) is 0 Å². The molecule has 0 saturated carbocycles. The number of aliphatic hydroxyl groups excluding tert-OH is 1. The van der Waals surface area contributed by atoms with Crippen LogP contribution >= 0.6 is 0 Å². The number of hydrogen-bond acceptors (Lipinski definition) is 3. The minimum atomic E-state index is -0.172. The zero-order chi connectivity index (χ0) is 17.4. The molecule has 0 spiro atoms.